The molecule has 0 aliphatic carbocycles. The van der Waals surface area contributed by atoms with Crippen LogP contribution in [0.4, 0.5) is 11.4 Å². The number of hydrogen-bond acceptors (Lipinski definition) is 9. The molecule has 0 radical (unpaired) electrons. The summed E-state index contributed by atoms with van der Waals surface area (Å²) in [7, 11) is -5.56. The Bertz CT molecular complexity index is 1180. The Kier molecular flexibility index (Phi) is 13.9. The average molecular weight is 508 g/mol. The number of carbonyl (C=O) groups is 2. The molecule has 0 saturated carbocycles. The summed E-state index contributed by atoms with van der Waals surface area (Å²) in [5, 5.41) is 21.4. The van der Waals surface area contributed by atoms with Crippen LogP contribution in [0.2, 0.25) is 0 Å². The van der Waals surface area contributed by atoms with Crippen molar-refractivity contribution < 1.29 is 31.5 Å². The van der Waals surface area contributed by atoms with E-state index in [9.17, 15) is 31.5 Å². The molecule has 11 nitrogen and oxygen atoms in total. The first-order valence-electron chi connectivity index (χ1n) is 7.83. The van der Waals surface area contributed by atoms with Crippen LogP contribution in [0.5, 0.6) is 0 Å². The number of aliphatic carboxylic acids is 1. The van der Waals surface area contributed by atoms with E-state index in [1.54, 1.807) is 0 Å². The Morgan fingerprint density at radius 2 is 1.34 bits per heavy atom. The predicted molar refractivity (Wildman–Crippen MR) is 122 cm³/mol. The molecule has 0 spiro atoms. The van der Waals surface area contributed by atoms with Crippen molar-refractivity contribution in [2.45, 2.75) is 15.8 Å². The first kappa shape index (κ1) is 31.6. The third-order valence-electron chi connectivity index (χ3n) is 3.78. The molecule has 3 rings (SSSR count). The van der Waals surface area contributed by atoms with Crippen molar-refractivity contribution in [1.82, 2.24) is 0 Å². The molecule has 1 N–H and O–H groups in total. The van der Waals surface area contributed by atoms with E-state index in [4.69, 9.17) is 0 Å². The van der Waals surface area contributed by atoms with E-state index in [-0.39, 0.29) is 110 Å². The van der Waals surface area contributed by atoms with Crippen molar-refractivity contribution in [2.24, 2.45) is 15.3 Å². The van der Waals surface area contributed by atoms with E-state index in [2.05, 4.69) is 15.3 Å². The van der Waals surface area contributed by atoms with E-state index < -0.39 is 45.0 Å². The molecule has 0 fully saturated rings. The van der Waals surface area contributed by atoms with Crippen LogP contribution in [-0.2, 0) is 31.0 Å². The topological polar surface area (TPSA) is 163 Å². The van der Waals surface area contributed by atoms with Gasteiger partial charge in [0, 0.05) is 0 Å². The molecule has 0 bridgehead atoms. The molecule has 2 aromatic rings. The second-order valence-electron chi connectivity index (χ2n) is 5.61. The van der Waals surface area contributed by atoms with Gasteiger partial charge in [0.05, 0.1) is 21.2 Å². The SMILES string of the molecule is O=C(O)C1=NN(c2ccc([SH](=O)=O)cc2)C(=O)C1N=Nc1ccc([SH](=O)=O)cc1.[NaH].[NaH].[NaH]. The van der Waals surface area contributed by atoms with Crippen LogP contribution in [0.1, 0.15) is 0 Å². The number of carbonyl (C=O) groups excluding carboxylic acids is 1. The minimum absolute atomic E-state index is 0. The van der Waals surface area contributed by atoms with Crippen LogP contribution in [0.3, 0.4) is 0 Å². The van der Waals surface area contributed by atoms with Crippen molar-refractivity contribution in [3.63, 3.8) is 0 Å². The molecular weight excluding hydrogens is 493 g/mol. The summed E-state index contributed by atoms with van der Waals surface area (Å²) >= 11 is 0. The van der Waals surface area contributed by atoms with E-state index >= 15 is 0 Å². The van der Waals surface area contributed by atoms with Crippen LogP contribution in [0.25, 0.3) is 0 Å². The van der Waals surface area contributed by atoms with E-state index in [1.807, 2.05) is 0 Å². The number of anilines is 1. The third kappa shape index (κ3) is 7.53. The zero-order valence-electron chi connectivity index (χ0n) is 14.3. The van der Waals surface area contributed by atoms with Gasteiger partial charge in [-0.3, -0.25) is 4.79 Å². The molecule has 1 aliphatic rings. The Labute approximate surface area is 252 Å². The molecule has 2 aromatic carbocycles. The number of azo groups is 1. The first-order valence-corrected chi connectivity index (χ1v) is 10.2. The molecule has 32 heavy (non-hydrogen) atoms. The summed E-state index contributed by atoms with van der Waals surface area (Å²) in [5.74, 6) is -2.26. The fraction of sp³-hybridized carbons (Fsp3) is 0.0625. The number of rotatable bonds is 6. The van der Waals surface area contributed by atoms with Crippen molar-refractivity contribution in [3.05, 3.63) is 48.5 Å². The molecule has 1 unspecified atom stereocenters. The Balaban J connectivity index is 0.00000320. The molecule has 1 amide bonds. The van der Waals surface area contributed by atoms with E-state index in [0.717, 1.165) is 5.01 Å². The van der Waals surface area contributed by atoms with Crippen molar-refractivity contribution in [3.8, 4) is 0 Å². The number of benzene rings is 2. The molecule has 156 valence electrons. The number of hydrazone groups is 1. The number of amides is 1. The van der Waals surface area contributed by atoms with Gasteiger partial charge in [0.2, 0.25) is 6.04 Å². The van der Waals surface area contributed by atoms with Gasteiger partial charge in [-0.1, -0.05) is 0 Å². The Hall–Kier alpha value is -0.450. The predicted octanol–water partition coefficient (Wildman–Crippen LogP) is -1.38. The zero-order chi connectivity index (χ0) is 21.1. The standard InChI is InChI=1S/C16H12N4O7S2.3Na.3H/c21-15-13(18-17-9-1-5-11(6-2-9)28(24)25)14(16(22)23)19-20(15)10-3-7-12(8-4-10)29(26)27;;;;;;/h1-8,13,28-29H,(H,22,23);;;;;;. The summed E-state index contributed by atoms with van der Waals surface area (Å²) < 4.78 is 43.7. The summed E-state index contributed by atoms with van der Waals surface area (Å²) in [6.07, 6.45) is 0. The van der Waals surface area contributed by atoms with Gasteiger partial charge in [0.1, 0.15) is 0 Å². The number of hydrogen-bond donors (Lipinski definition) is 3. The van der Waals surface area contributed by atoms with Crippen molar-refractivity contribution >= 4 is 139 Å². The number of carboxylic acids is 1. The fourth-order valence-electron chi connectivity index (χ4n) is 2.37. The number of nitrogens with zero attached hydrogens (tertiary/aromatic N) is 4. The van der Waals surface area contributed by atoms with Gasteiger partial charge in [-0.2, -0.15) is 20.3 Å². The van der Waals surface area contributed by atoms with Crippen molar-refractivity contribution in [1.29, 1.82) is 0 Å². The van der Waals surface area contributed by atoms with Crippen LogP contribution < -0.4 is 5.01 Å². The van der Waals surface area contributed by atoms with Crippen molar-refractivity contribution in [2.75, 3.05) is 5.01 Å². The van der Waals surface area contributed by atoms with Gasteiger partial charge in [0.15, 0.2) is 27.1 Å². The molecule has 16 heteroatoms. The molecule has 0 aromatic heterocycles. The molecule has 1 heterocycles. The molecule has 0 saturated heterocycles. The van der Waals surface area contributed by atoms with Gasteiger partial charge in [-0.05, 0) is 48.5 Å². The van der Waals surface area contributed by atoms with Crippen LogP contribution in [0.15, 0.2) is 73.7 Å². The van der Waals surface area contributed by atoms with Gasteiger partial charge >= 0.3 is 94.6 Å². The molecular formula is C16H15N4Na3O7S2. The third-order valence-corrected chi connectivity index (χ3v) is 5.22. The van der Waals surface area contributed by atoms with Crippen LogP contribution in [0, 0.1) is 0 Å². The summed E-state index contributed by atoms with van der Waals surface area (Å²) in [6, 6.07) is 8.88. The summed E-state index contributed by atoms with van der Waals surface area (Å²) in [6.45, 7) is 0. The second kappa shape index (κ2) is 14.1. The van der Waals surface area contributed by atoms with Crippen LogP contribution >= 0.6 is 0 Å². The fourth-order valence-corrected chi connectivity index (χ4v) is 3.16. The van der Waals surface area contributed by atoms with Gasteiger partial charge in [-0.15, -0.1) is 0 Å². The monoisotopic (exact) mass is 508 g/mol. The van der Waals surface area contributed by atoms with E-state index in [0.29, 0.717) is 0 Å². The van der Waals surface area contributed by atoms with Gasteiger partial charge < -0.3 is 5.11 Å². The normalized spacial score (nSPS) is 15.2. The maximum atomic E-state index is 12.6. The first-order chi connectivity index (χ1) is 13.8. The molecule has 1 atom stereocenters. The average Bonchev–Trinajstić information content (AvgIpc) is 3.03. The number of thiol groups is 2. The van der Waals surface area contributed by atoms with E-state index in [1.165, 1.54) is 48.5 Å². The maximum absolute atomic E-state index is 12.6. The summed E-state index contributed by atoms with van der Waals surface area (Å²) in [4.78, 5) is 24.1. The number of carboxylic acid groups (broad SMARTS) is 1. The second-order valence-corrected chi connectivity index (χ2v) is 7.67. The van der Waals surface area contributed by atoms with Gasteiger partial charge in [-0.25, -0.2) is 21.6 Å². The van der Waals surface area contributed by atoms with Gasteiger partial charge in [0.25, 0.3) is 5.91 Å². The van der Waals surface area contributed by atoms with Crippen LogP contribution in [-0.4, -0.2) is 134 Å². The zero-order valence-corrected chi connectivity index (χ0v) is 16.1. The minimum atomic E-state index is -2.80. The Morgan fingerprint density at radius 3 is 1.78 bits per heavy atom. The Morgan fingerprint density at radius 1 is 0.875 bits per heavy atom. The summed E-state index contributed by atoms with van der Waals surface area (Å²) in [5.41, 5.74) is -0.183. The quantitative estimate of drug-likeness (QED) is 0.246. The molecule has 1 aliphatic heterocycles.